The summed E-state index contributed by atoms with van der Waals surface area (Å²) in [5, 5.41) is 11.1. The van der Waals surface area contributed by atoms with Crippen molar-refractivity contribution < 1.29 is 19.5 Å². The summed E-state index contributed by atoms with van der Waals surface area (Å²) in [4.78, 5) is 35.7. The lowest BCUT2D eigenvalue weighted by Gasteiger charge is -2.41. The molecule has 2 N–H and O–H groups in total. The van der Waals surface area contributed by atoms with Crippen LogP contribution in [0.2, 0.25) is 0 Å². The van der Waals surface area contributed by atoms with Crippen molar-refractivity contribution in [1.82, 2.24) is 5.32 Å². The fraction of sp³-hybridized carbons (Fsp3) is 0.308. The summed E-state index contributed by atoms with van der Waals surface area (Å²) in [6, 6.07) is 6.09. The van der Waals surface area contributed by atoms with Gasteiger partial charge in [0.15, 0.2) is 0 Å². The predicted molar refractivity (Wildman–Crippen MR) is 68.0 cm³/mol. The summed E-state index contributed by atoms with van der Waals surface area (Å²) in [6.45, 7) is 3.48. The molecule has 19 heavy (non-hydrogen) atoms. The van der Waals surface area contributed by atoms with E-state index < -0.39 is 11.5 Å². The SMILES string of the molecule is CC1(C)C(=O)NC(=O)CN1c1ccc(C(=O)O)cc1. The van der Waals surface area contributed by atoms with E-state index in [1.54, 1.807) is 30.9 Å². The molecule has 1 aromatic carbocycles. The third-order valence-corrected chi connectivity index (χ3v) is 3.21. The van der Waals surface area contributed by atoms with Crippen molar-refractivity contribution >= 4 is 23.5 Å². The highest BCUT2D eigenvalue weighted by Gasteiger charge is 2.40. The molecule has 1 aliphatic rings. The van der Waals surface area contributed by atoms with Crippen molar-refractivity contribution in [3.63, 3.8) is 0 Å². The Morgan fingerprint density at radius 3 is 2.37 bits per heavy atom. The first-order chi connectivity index (χ1) is 8.82. The molecular weight excluding hydrogens is 248 g/mol. The number of nitrogens with zero attached hydrogens (tertiary/aromatic N) is 1. The number of rotatable bonds is 2. The normalized spacial score (nSPS) is 18.1. The van der Waals surface area contributed by atoms with Crippen molar-refractivity contribution in [2.45, 2.75) is 19.4 Å². The van der Waals surface area contributed by atoms with Crippen molar-refractivity contribution in [3.05, 3.63) is 29.8 Å². The third kappa shape index (κ3) is 2.29. The number of carboxylic acid groups (broad SMARTS) is 1. The van der Waals surface area contributed by atoms with E-state index in [0.29, 0.717) is 5.69 Å². The Kier molecular flexibility index (Phi) is 3.01. The van der Waals surface area contributed by atoms with Gasteiger partial charge < -0.3 is 10.0 Å². The lowest BCUT2D eigenvalue weighted by Crippen LogP contribution is -2.64. The van der Waals surface area contributed by atoms with Crippen LogP contribution in [0.4, 0.5) is 5.69 Å². The van der Waals surface area contributed by atoms with Crippen molar-refractivity contribution in [3.8, 4) is 0 Å². The molecule has 0 aliphatic carbocycles. The number of nitrogens with one attached hydrogen (secondary N) is 1. The number of imide groups is 1. The van der Waals surface area contributed by atoms with Crippen LogP contribution in [0.3, 0.4) is 0 Å². The van der Waals surface area contributed by atoms with Gasteiger partial charge in [-0.15, -0.1) is 0 Å². The molecule has 1 saturated heterocycles. The first-order valence-electron chi connectivity index (χ1n) is 5.77. The summed E-state index contributed by atoms with van der Waals surface area (Å²) in [5.41, 5.74) is -0.0638. The Bertz CT molecular complexity index is 548. The van der Waals surface area contributed by atoms with Gasteiger partial charge in [-0.3, -0.25) is 14.9 Å². The van der Waals surface area contributed by atoms with Gasteiger partial charge in [0.1, 0.15) is 5.54 Å². The van der Waals surface area contributed by atoms with Crippen LogP contribution in [-0.2, 0) is 9.59 Å². The highest BCUT2D eigenvalue weighted by Crippen LogP contribution is 2.26. The number of benzene rings is 1. The molecule has 0 aromatic heterocycles. The second kappa shape index (κ2) is 4.38. The molecule has 1 heterocycles. The largest absolute Gasteiger partial charge is 0.478 e. The van der Waals surface area contributed by atoms with E-state index in [1.165, 1.54) is 12.1 Å². The second-order valence-corrected chi connectivity index (χ2v) is 4.87. The Hall–Kier alpha value is -2.37. The van der Waals surface area contributed by atoms with Gasteiger partial charge >= 0.3 is 5.97 Å². The van der Waals surface area contributed by atoms with E-state index in [1.807, 2.05) is 0 Å². The summed E-state index contributed by atoms with van der Waals surface area (Å²) in [7, 11) is 0. The maximum Gasteiger partial charge on any atom is 0.335 e. The summed E-state index contributed by atoms with van der Waals surface area (Å²) < 4.78 is 0. The van der Waals surface area contributed by atoms with Crippen LogP contribution in [0.15, 0.2) is 24.3 Å². The van der Waals surface area contributed by atoms with Crippen molar-refractivity contribution in [2.24, 2.45) is 0 Å². The van der Waals surface area contributed by atoms with E-state index in [9.17, 15) is 14.4 Å². The Morgan fingerprint density at radius 1 is 1.26 bits per heavy atom. The number of carbonyl (C=O) groups excluding carboxylic acids is 2. The molecule has 0 radical (unpaired) electrons. The van der Waals surface area contributed by atoms with Crippen LogP contribution < -0.4 is 10.2 Å². The van der Waals surface area contributed by atoms with Crippen LogP contribution >= 0.6 is 0 Å². The lowest BCUT2D eigenvalue weighted by atomic mass is 9.97. The summed E-state index contributed by atoms with van der Waals surface area (Å²) in [5.74, 6) is -1.75. The molecule has 0 spiro atoms. The van der Waals surface area contributed by atoms with Gasteiger partial charge in [-0.1, -0.05) is 0 Å². The van der Waals surface area contributed by atoms with Gasteiger partial charge in [0.2, 0.25) is 5.91 Å². The molecule has 2 rings (SSSR count). The number of amides is 2. The highest BCUT2D eigenvalue weighted by atomic mass is 16.4. The molecule has 0 atom stereocenters. The molecule has 6 nitrogen and oxygen atoms in total. The molecule has 2 amide bonds. The molecular formula is C13H14N2O4. The smallest absolute Gasteiger partial charge is 0.335 e. The Labute approximate surface area is 110 Å². The molecule has 0 bridgehead atoms. The number of hydrogen-bond acceptors (Lipinski definition) is 4. The Morgan fingerprint density at radius 2 is 1.84 bits per heavy atom. The van der Waals surface area contributed by atoms with E-state index in [-0.39, 0.29) is 23.9 Å². The zero-order valence-electron chi connectivity index (χ0n) is 10.6. The third-order valence-electron chi connectivity index (χ3n) is 3.21. The average Bonchev–Trinajstić information content (AvgIpc) is 2.34. The molecule has 0 saturated carbocycles. The van der Waals surface area contributed by atoms with Crippen LogP contribution in [-0.4, -0.2) is 35.0 Å². The summed E-state index contributed by atoms with van der Waals surface area (Å²) in [6.07, 6.45) is 0. The van der Waals surface area contributed by atoms with Crippen LogP contribution in [0.1, 0.15) is 24.2 Å². The van der Waals surface area contributed by atoms with Crippen LogP contribution in [0, 0.1) is 0 Å². The van der Waals surface area contributed by atoms with E-state index in [2.05, 4.69) is 5.32 Å². The predicted octanol–water partition coefficient (Wildman–Crippen LogP) is 0.626. The molecule has 1 aromatic rings. The summed E-state index contributed by atoms with van der Waals surface area (Å²) >= 11 is 0. The monoisotopic (exact) mass is 262 g/mol. The number of aromatic carboxylic acids is 1. The molecule has 0 unspecified atom stereocenters. The minimum atomic E-state index is -1.02. The first-order valence-corrected chi connectivity index (χ1v) is 5.77. The second-order valence-electron chi connectivity index (χ2n) is 4.87. The van der Waals surface area contributed by atoms with Crippen LogP contribution in [0.5, 0.6) is 0 Å². The standard InChI is InChI=1S/C13H14N2O4/c1-13(2)12(19)14-10(16)7-15(13)9-5-3-8(4-6-9)11(17)18/h3-6H,7H2,1-2H3,(H,17,18)(H,14,16,19). The van der Waals surface area contributed by atoms with Gasteiger partial charge in [-0.05, 0) is 38.1 Å². The molecule has 6 heteroatoms. The first kappa shape index (κ1) is 13.1. The fourth-order valence-electron chi connectivity index (χ4n) is 1.98. The van der Waals surface area contributed by atoms with Gasteiger partial charge in [0, 0.05) is 5.69 Å². The van der Waals surface area contributed by atoms with Gasteiger partial charge in [-0.2, -0.15) is 0 Å². The molecule has 100 valence electrons. The number of piperazine rings is 1. The van der Waals surface area contributed by atoms with Crippen molar-refractivity contribution in [2.75, 3.05) is 11.4 Å². The van der Waals surface area contributed by atoms with E-state index in [4.69, 9.17) is 5.11 Å². The Balaban J connectivity index is 2.36. The number of carboxylic acids is 1. The topological polar surface area (TPSA) is 86.7 Å². The minimum Gasteiger partial charge on any atom is -0.478 e. The number of anilines is 1. The zero-order chi connectivity index (χ0) is 14.2. The van der Waals surface area contributed by atoms with Crippen LogP contribution in [0.25, 0.3) is 0 Å². The van der Waals surface area contributed by atoms with E-state index >= 15 is 0 Å². The maximum atomic E-state index is 11.8. The highest BCUT2D eigenvalue weighted by molar-refractivity contribution is 6.06. The fourth-order valence-corrected chi connectivity index (χ4v) is 1.98. The van der Waals surface area contributed by atoms with Crippen molar-refractivity contribution in [1.29, 1.82) is 0 Å². The average molecular weight is 262 g/mol. The zero-order valence-corrected chi connectivity index (χ0v) is 10.6. The lowest BCUT2D eigenvalue weighted by molar-refractivity contribution is -0.135. The van der Waals surface area contributed by atoms with Gasteiger partial charge in [0.05, 0.1) is 12.1 Å². The number of hydrogen-bond donors (Lipinski definition) is 2. The minimum absolute atomic E-state index is 0.0607. The quantitative estimate of drug-likeness (QED) is 0.763. The molecule has 1 aliphatic heterocycles. The van der Waals surface area contributed by atoms with E-state index in [0.717, 1.165) is 0 Å². The maximum absolute atomic E-state index is 11.8. The van der Waals surface area contributed by atoms with Gasteiger partial charge in [-0.25, -0.2) is 4.79 Å². The number of carbonyl (C=O) groups is 3. The van der Waals surface area contributed by atoms with Gasteiger partial charge in [0.25, 0.3) is 5.91 Å². The molecule has 1 fully saturated rings.